The molecule has 6 nitrogen and oxygen atoms in total. The molecular weight excluding hydrogens is 561 g/mol. The van der Waals surface area contributed by atoms with Crippen molar-refractivity contribution in [3.63, 3.8) is 0 Å². The fraction of sp³-hybridized carbons (Fsp3) is 0.912. The summed E-state index contributed by atoms with van der Waals surface area (Å²) >= 11 is 0. The van der Waals surface area contributed by atoms with Crippen LogP contribution >= 0.6 is 0 Å². The summed E-state index contributed by atoms with van der Waals surface area (Å²) in [7, 11) is -1.63. The molecule has 0 aromatic heterocycles. The maximum Gasteiger partial charge on any atom is 0.192 e. The Morgan fingerprint density at radius 2 is 1.62 bits per heavy atom. The Bertz CT molecular complexity index is 964. The second-order valence-corrected chi connectivity index (χ2v) is 27.4. The fourth-order valence-corrected chi connectivity index (χ4v) is 10.1. The average Bonchev–Trinajstić information content (AvgIpc) is 3.03. The largest absolute Gasteiger partial charge is 0.414 e. The number of allylic oxidation sites excluding steroid dienone is 2. The molecule has 8 heteroatoms. The van der Waals surface area contributed by atoms with Crippen molar-refractivity contribution in [2.75, 3.05) is 33.9 Å². The van der Waals surface area contributed by atoms with E-state index in [1.165, 1.54) is 5.57 Å². The van der Waals surface area contributed by atoms with Gasteiger partial charge in [0.25, 0.3) is 0 Å². The van der Waals surface area contributed by atoms with Crippen LogP contribution in [0.15, 0.2) is 11.6 Å². The summed E-state index contributed by atoms with van der Waals surface area (Å²) in [5.41, 5.74) is 0.528. The van der Waals surface area contributed by atoms with Crippen LogP contribution in [-0.2, 0) is 28.2 Å². The van der Waals surface area contributed by atoms with Gasteiger partial charge in [-0.15, -0.1) is 0 Å². The van der Waals surface area contributed by atoms with Crippen molar-refractivity contribution in [3.05, 3.63) is 11.6 Å². The summed E-state index contributed by atoms with van der Waals surface area (Å²) in [4.78, 5) is 14.6. The number of hydrogen-bond donors (Lipinski definition) is 0. The van der Waals surface area contributed by atoms with Crippen molar-refractivity contribution in [1.29, 1.82) is 0 Å². The second-order valence-electron chi connectivity index (χ2n) is 17.0. The molecule has 2 fully saturated rings. The maximum absolute atomic E-state index is 14.6. The third-order valence-electron chi connectivity index (χ3n) is 11.7. The van der Waals surface area contributed by atoms with Crippen molar-refractivity contribution in [3.8, 4) is 0 Å². The molecule has 0 aromatic carbocycles. The molecule has 0 aromatic rings. The van der Waals surface area contributed by atoms with Gasteiger partial charge in [0.1, 0.15) is 19.4 Å². The first-order valence-electron chi connectivity index (χ1n) is 16.4. The third-order valence-corrected chi connectivity index (χ3v) is 17.9. The van der Waals surface area contributed by atoms with Gasteiger partial charge < -0.3 is 23.4 Å². The van der Waals surface area contributed by atoms with Gasteiger partial charge in [-0.05, 0) is 80.5 Å². The van der Waals surface area contributed by atoms with Crippen LogP contribution in [0.25, 0.3) is 0 Å². The molecule has 0 spiro atoms. The van der Waals surface area contributed by atoms with Gasteiger partial charge in [-0.2, -0.15) is 0 Å². The molecule has 0 amide bonds. The minimum absolute atomic E-state index is 0.00754. The molecule has 3 rings (SSSR count). The summed E-state index contributed by atoms with van der Waals surface area (Å²) in [6.07, 6.45) is 6.58. The summed E-state index contributed by atoms with van der Waals surface area (Å²) in [5, 5.41) is 0.0842. The number of Topliss-reactive ketones (excluding diaryl/α,β-unsaturated/α-hetero) is 1. The number of carbonyl (C=O) groups excluding carboxylic acids is 1. The molecule has 0 N–H and O–H groups in total. The van der Waals surface area contributed by atoms with Crippen LogP contribution < -0.4 is 0 Å². The number of ketones is 1. The van der Waals surface area contributed by atoms with E-state index in [0.717, 1.165) is 38.3 Å². The number of methoxy groups -OCH3 is 1. The molecule has 3 aliphatic rings. The van der Waals surface area contributed by atoms with E-state index in [1.807, 2.05) is 0 Å². The van der Waals surface area contributed by atoms with Gasteiger partial charge in [0.2, 0.25) is 0 Å². The monoisotopic (exact) mass is 624 g/mol. The van der Waals surface area contributed by atoms with Gasteiger partial charge in [0.15, 0.2) is 8.32 Å². The van der Waals surface area contributed by atoms with E-state index < -0.39 is 21.8 Å². The first kappa shape index (κ1) is 36.1. The summed E-state index contributed by atoms with van der Waals surface area (Å²) < 4.78 is 30.9. The molecule has 0 heterocycles. The predicted octanol–water partition coefficient (Wildman–Crippen LogP) is 8.45. The predicted molar refractivity (Wildman–Crippen MR) is 177 cm³/mol. The number of ether oxygens (including phenoxy) is 4. The number of hydrogen-bond acceptors (Lipinski definition) is 6. The van der Waals surface area contributed by atoms with E-state index in [9.17, 15) is 4.79 Å². The first-order valence-corrected chi connectivity index (χ1v) is 23.0. The van der Waals surface area contributed by atoms with E-state index in [1.54, 1.807) is 7.11 Å². The van der Waals surface area contributed by atoms with E-state index in [4.69, 9.17) is 23.4 Å². The SMILES string of the molecule is COCOCCC[C@@]12C=C(C)C(C)(C)[C@@H]1CC(=O)[C@@]1(C)[C@@H](OCOCC[Si](C)(C)C)CC[C@H](O[Si](C)(C)C(C)(C)C)[C@H]21. The second kappa shape index (κ2) is 13.2. The van der Waals surface area contributed by atoms with Gasteiger partial charge in [-0.1, -0.05) is 65.9 Å². The molecule has 0 bridgehead atoms. The van der Waals surface area contributed by atoms with Crippen molar-refractivity contribution < 1.29 is 28.2 Å². The van der Waals surface area contributed by atoms with Gasteiger partial charge in [0.05, 0.1) is 11.5 Å². The molecule has 42 heavy (non-hydrogen) atoms. The molecule has 2 saturated carbocycles. The number of carbonyl (C=O) groups is 1. The highest BCUT2D eigenvalue weighted by Crippen LogP contribution is 2.69. The summed E-state index contributed by atoms with van der Waals surface area (Å²) in [6.45, 7) is 29.8. The Morgan fingerprint density at radius 1 is 0.976 bits per heavy atom. The standard InChI is InChI=1S/C34H64O6Si2/c1-25-22-34(17-14-18-37-23-36-8)27(32(25,5)6)21-28(35)33(7)29(39-24-38-19-20-41(9,10)11)16-15-26(30(33)34)40-42(12,13)31(2,3)4/h22,26-27,29-30H,14-21,23-24H2,1-13H3/t26-,27-,29-,30-,33-,34+/m0/s1. The van der Waals surface area contributed by atoms with Crippen LogP contribution in [0.4, 0.5) is 0 Å². The lowest BCUT2D eigenvalue weighted by Gasteiger charge is -2.63. The van der Waals surface area contributed by atoms with Crippen LogP contribution in [0.2, 0.25) is 43.8 Å². The lowest BCUT2D eigenvalue weighted by Crippen LogP contribution is -2.67. The normalized spacial score (nSPS) is 33.4. The van der Waals surface area contributed by atoms with Crippen LogP contribution in [0, 0.1) is 28.1 Å². The maximum atomic E-state index is 14.6. The fourth-order valence-electron chi connectivity index (χ4n) is 7.95. The highest BCUT2D eigenvalue weighted by atomic mass is 28.4. The lowest BCUT2D eigenvalue weighted by atomic mass is 9.43. The Hall–Kier alpha value is -0.356. The van der Waals surface area contributed by atoms with E-state index in [2.05, 4.69) is 87.3 Å². The molecule has 0 radical (unpaired) electrons. The van der Waals surface area contributed by atoms with Crippen molar-refractivity contribution >= 4 is 22.2 Å². The zero-order chi connectivity index (χ0) is 31.8. The summed E-state index contributed by atoms with van der Waals surface area (Å²) in [5.74, 6) is 0.607. The van der Waals surface area contributed by atoms with Crippen LogP contribution in [0.3, 0.4) is 0 Å². The molecule has 0 aliphatic heterocycles. The average molecular weight is 625 g/mol. The van der Waals surface area contributed by atoms with Crippen LogP contribution in [-0.4, -0.2) is 68.3 Å². The molecule has 0 saturated heterocycles. The minimum Gasteiger partial charge on any atom is -0.414 e. The number of fused-ring (bicyclic) bond motifs is 3. The molecule has 6 atom stereocenters. The highest BCUT2D eigenvalue weighted by molar-refractivity contribution is 6.76. The van der Waals surface area contributed by atoms with E-state index in [0.29, 0.717) is 25.6 Å². The number of rotatable bonds is 14. The minimum atomic E-state index is -2.11. The lowest BCUT2D eigenvalue weighted by molar-refractivity contribution is -0.214. The summed E-state index contributed by atoms with van der Waals surface area (Å²) in [6, 6.07) is 1.11. The first-order chi connectivity index (χ1) is 19.2. The zero-order valence-electron chi connectivity index (χ0n) is 29.4. The highest BCUT2D eigenvalue weighted by Gasteiger charge is 2.69. The van der Waals surface area contributed by atoms with Gasteiger partial charge in [0, 0.05) is 46.8 Å². The van der Waals surface area contributed by atoms with Crippen LogP contribution in [0.5, 0.6) is 0 Å². The molecule has 244 valence electrons. The van der Waals surface area contributed by atoms with Crippen LogP contribution in [0.1, 0.15) is 80.6 Å². The van der Waals surface area contributed by atoms with Crippen molar-refractivity contribution in [2.45, 2.75) is 137 Å². The Kier molecular flexibility index (Phi) is 11.3. The smallest absolute Gasteiger partial charge is 0.192 e. The van der Waals surface area contributed by atoms with Gasteiger partial charge in [-0.25, -0.2) is 0 Å². The molecular formula is C34H64O6Si2. The third kappa shape index (κ3) is 7.21. The molecule has 0 unspecified atom stereocenters. The van der Waals surface area contributed by atoms with Crippen molar-refractivity contribution in [2.24, 2.45) is 28.1 Å². The Balaban J connectivity index is 2.03. The van der Waals surface area contributed by atoms with Gasteiger partial charge >= 0.3 is 0 Å². The quantitative estimate of drug-likeness (QED) is 0.0836. The zero-order valence-corrected chi connectivity index (χ0v) is 31.4. The van der Waals surface area contributed by atoms with Gasteiger partial charge in [-0.3, -0.25) is 4.79 Å². The topological polar surface area (TPSA) is 63.2 Å². The Labute approximate surface area is 260 Å². The Morgan fingerprint density at radius 3 is 2.21 bits per heavy atom. The van der Waals surface area contributed by atoms with Crippen molar-refractivity contribution in [1.82, 2.24) is 0 Å². The molecule has 3 aliphatic carbocycles. The van der Waals surface area contributed by atoms with E-state index in [-0.39, 0.29) is 46.7 Å². The van der Waals surface area contributed by atoms with E-state index >= 15 is 0 Å².